The normalized spacial score (nSPS) is 19.7. The number of esters is 1. The minimum Gasteiger partial charge on any atom is -0.465 e. The van der Waals surface area contributed by atoms with Gasteiger partial charge >= 0.3 is 5.97 Å². The zero-order chi connectivity index (χ0) is 10.1. The van der Waals surface area contributed by atoms with E-state index in [0.29, 0.717) is 10.8 Å². The summed E-state index contributed by atoms with van der Waals surface area (Å²) in [6.07, 6.45) is 1.06. The van der Waals surface area contributed by atoms with Crippen molar-refractivity contribution < 1.29 is 9.53 Å². The number of fused-ring (bicyclic) bond motifs is 1. The van der Waals surface area contributed by atoms with E-state index in [1.54, 1.807) is 0 Å². The third-order valence-corrected chi connectivity index (χ3v) is 3.51. The standard InChI is InChI=1S/C10H13NO2S/c1-6-3-8-7(11-5-6)4-9(14-8)10(12)13-2/h4,6,11H,3,5H2,1-2H3. The Bertz CT molecular complexity index is 359. The molecule has 1 aliphatic heterocycles. The number of hydrogen-bond acceptors (Lipinski definition) is 4. The van der Waals surface area contributed by atoms with Gasteiger partial charge in [-0.15, -0.1) is 11.3 Å². The summed E-state index contributed by atoms with van der Waals surface area (Å²) < 4.78 is 4.68. The van der Waals surface area contributed by atoms with Gasteiger partial charge < -0.3 is 10.1 Å². The highest BCUT2D eigenvalue weighted by Gasteiger charge is 2.20. The van der Waals surface area contributed by atoms with E-state index in [9.17, 15) is 4.79 Å². The van der Waals surface area contributed by atoms with Crippen LogP contribution >= 0.6 is 11.3 Å². The summed E-state index contributed by atoms with van der Waals surface area (Å²) in [7, 11) is 1.41. The zero-order valence-electron chi connectivity index (χ0n) is 8.29. The van der Waals surface area contributed by atoms with Gasteiger partial charge in [0.05, 0.1) is 7.11 Å². The van der Waals surface area contributed by atoms with E-state index < -0.39 is 0 Å². The monoisotopic (exact) mass is 211 g/mol. The molecule has 1 aromatic rings. The fourth-order valence-electron chi connectivity index (χ4n) is 1.60. The molecular formula is C10H13NO2S. The summed E-state index contributed by atoms with van der Waals surface area (Å²) in [5.74, 6) is 0.408. The van der Waals surface area contributed by atoms with Crippen molar-refractivity contribution in [1.82, 2.24) is 0 Å². The molecule has 0 radical (unpaired) electrons. The van der Waals surface area contributed by atoms with Gasteiger partial charge in [-0.05, 0) is 18.4 Å². The number of anilines is 1. The lowest BCUT2D eigenvalue weighted by Crippen LogP contribution is -2.18. The van der Waals surface area contributed by atoms with Crippen LogP contribution in [0.15, 0.2) is 6.07 Å². The molecule has 4 heteroatoms. The molecule has 1 aromatic heterocycles. The summed E-state index contributed by atoms with van der Waals surface area (Å²) in [4.78, 5) is 13.2. The van der Waals surface area contributed by atoms with Crippen molar-refractivity contribution in [1.29, 1.82) is 0 Å². The van der Waals surface area contributed by atoms with E-state index in [-0.39, 0.29) is 5.97 Å². The first-order chi connectivity index (χ1) is 6.70. The molecule has 2 heterocycles. The molecule has 1 N–H and O–H groups in total. The Morgan fingerprint density at radius 3 is 3.21 bits per heavy atom. The molecule has 2 rings (SSSR count). The van der Waals surface area contributed by atoms with Crippen LogP contribution in [-0.4, -0.2) is 19.6 Å². The SMILES string of the molecule is COC(=O)c1cc2c(s1)CC(C)CN2. The Kier molecular flexibility index (Phi) is 2.46. The second-order valence-electron chi connectivity index (χ2n) is 3.63. The summed E-state index contributed by atoms with van der Waals surface area (Å²) in [5.41, 5.74) is 1.11. The van der Waals surface area contributed by atoms with Gasteiger partial charge in [-0.3, -0.25) is 0 Å². The van der Waals surface area contributed by atoms with Crippen LogP contribution in [0.5, 0.6) is 0 Å². The second-order valence-corrected chi connectivity index (χ2v) is 4.77. The summed E-state index contributed by atoms with van der Waals surface area (Å²) in [6.45, 7) is 3.19. The maximum atomic E-state index is 11.3. The van der Waals surface area contributed by atoms with Gasteiger partial charge in [0.1, 0.15) is 4.88 Å². The lowest BCUT2D eigenvalue weighted by atomic mass is 10.0. The predicted molar refractivity (Wildman–Crippen MR) is 57.0 cm³/mol. The van der Waals surface area contributed by atoms with E-state index in [0.717, 1.165) is 18.7 Å². The number of hydrogen-bond donors (Lipinski definition) is 1. The molecule has 0 aromatic carbocycles. The minimum atomic E-state index is -0.237. The maximum Gasteiger partial charge on any atom is 0.348 e. The minimum absolute atomic E-state index is 0.237. The van der Waals surface area contributed by atoms with Crippen molar-refractivity contribution >= 4 is 23.0 Å². The molecule has 0 aliphatic carbocycles. The van der Waals surface area contributed by atoms with Crippen molar-refractivity contribution in [2.45, 2.75) is 13.3 Å². The van der Waals surface area contributed by atoms with E-state index in [2.05, 4.69) is 17.0 Å². The molecule has 0 amide bonds. The molecule has 1 atom stereocenters. The Morgan fingerprint density at radius 1 is 1.71 bits per heavy atom. The molecule has 14 heavy (non-hydrogen) atoms. The zero-order valence-corrected chi connectivity index (χ0v) is 9.11. The van der Waals surface area contributed by atoms with Crippen molar-refractivity contribution in [3.8, 4) is 0 Å². The van der Waals surface area contributed by atoms with Gasteiger partial charge in [-0.1, -0.05) is 6.92 Å². The van der Waals surface area contributed by atoms with E-state index in [1.165, 1.54) is 23.3 Å². The molecule has 76 valence electrons. The van der Waals surface area contributed by atoms with Crippen LogP contribution in [0.25, 0.3) is 0 Å². The number of nitrogens with one attached hydrogen (secondary N) is 1. The summed E-state index contributed by atoms with van der Waals surface area (Å²) in [5, 5.41) is 3.31. The highest BCUT2D eigenvalue weighted by atomic mass is 32.1. The van der Waals surface area contributed by atoms with Crippen LogP contribution in [0.1, 0.15) is 21.5 Å². The number of rotatable bonds is 1. The van der Waals surface area contributed by atoms with Crippen LogP contribution in [-0.2, 0) is 11.2 Å². The van der Waals surface area contributed by atoms with Crippen molar-refractivity contribution in [2.24, 2.45) is 5.92 Å². The van der Waals surface area contributed by atoms with Crippen LogP contribution in [0.2, 0.25) is 0 Å². The number of carbonyl (C=O) groups excluding carboxylic acids is 1. The molecule has 1 unspecified atom stereocenters. The van der Waals surface area contributed by atoms with Gasteiger partial charge in [0, 0.05) is 17.1 Å². The van der Waals surface area contributed by atoms with Crippen molar-refractivity contribution in [2.75, 3.05) is 19.0 Å². The topological polar surface area (TPSA) is 38.3 Å². The molecule has 0 bridgehead atoms. The third kappa shape index (κ3) is 1.62. The molecule has 0 saturated carbocycles. The lowest BCUT2D eigenvalue weighted by molar-refractivity contribution is 0.0606. The maximum absolute atomic E-state index is 11.3. The first-order valence-corrected chi connectivity index (χ1v) is 5.47. The quantitative estimate of drug-likeness (QED) is 0.723. The largest absolute Gasteiger partial charge is 0.465 e. The van der Waals surface area contributed by atoms with Crippen LogP contribution in [0.4, 0.5) is 5.69 Å². The van der Waals surface area contributed by atoms with Gasteiger partial charge in [0.15, 0.2) is 0 Å². The average Bonchev–Trinajstić information content (AvgIpc) is 2.59. The number of methoxy groups -OCH3 is 1. The second kappa shape index (κ2) is 3.61. The third-order valence-electron chi connectivity index (χ3n) is 2.37. The van der Waals surface area contributed by atoms with Crippen molar-refractivity contribution in [3.05, 3.63) is 15.8 Å². The Hall–Kier alpha value is -1.03. The fourth-order valence-corrected chi connectivity index (χ4v) is 2.82. The molecule has 0 saturated heterocycles. The average molecular weight is 211 g/mol. The van der Waals surface area contributed by atoms with E-state index in [1.807, 2.05) is 6.07 Å². The van der Waals surface area contributed by atoms with Crippen LogP contribution in [0.3, 0.4) is 0 Å². The van der Waals surface area contributed by atoms with Gasteiger partial charge in [0.25, 0.3) is 0 Å². The highest BCUT2D eigenvalue weighted by Crippen LogP contribution is 2.33. The molecule has 1 aliphatic rings. The Labute approximate surface area is 87.1 Å². The fraction of sp³-hybridized carbons (Fsp3) is 0.500. The number of ether oxygens (including phenoxy) is 1. The Balaban J connectivity index is 2.27. The molecular weight excluding hydrogens is 198 g/mol. The van der Waals surface area contributed by atoms with Gasteiger partial charge in [-0.25, -0.2) is 4.79 Å². The predicted octanol–water partition coefficient (Wildman–Crippen LogP) is 2.14. The van der Waals surface area contributed by atoms with Gasteiger partial charge in [0.2, 0.25) is 0 Å². The van der Waals surface area contributed by atoms with E-state index >= 15 is 0 Å². The van der Waals surface area contributed by atoms with Crippen molar-refractivity contribution in [3.63, 3.8) is 0 Å². The number of thiophene rings is 1. The Morgan fingerprint density at radius 2 is 2.50 bits per heavy atom. The van der Waals surface area contributed by atoms with E-state index in [4.69, 9.17) is 0 Å². The van der Waals surface area contributed by atoms with Gasteiger partial charge in [-0.2, -0.15) is 0 Å². The molecule has 0 spiro atoms. The first-order valence-electron chi connectivity index (χ1n) is 4.65. The van der Waals surface area contributed by atoms with Crippen LogP contribution in [0, 0.1) is 5.92 Å². The summed E-state index contributed by atoms with van der Waals surface area (Å²) in [6, 6.07) is 1.89. The van der Waals surface area contributed by atoms with Crippen LogP contribution < -0.4 is 5.32 Å². The summed E-state index contributed by atoms with van der Waals surface area (Å²) >= 11 is 1.53. The highest BCUT2D eigenvalue weighted by molar-refractivity contribution is 7.14. The first kappa shape index (κ1) is 9.52. The smallest absolute Gasteiger partial charge is 0.348 e. The molecule has 0 fully saturated rings. The number of carbonyl (C=O) groups is 1. The lowest BCUT2D eigenvalue weighted by Gasteiger charge is -2.19. The molecule has 3 nitrogen and oxygen atoms in total.